The Kier molecular flexibility index (Phi) is 4.74. The number of methoxy groups -OCH3 is 1. The van der Waals surface area contributed by atoms with E-state index in [9.17, 15) is 9.18 Å². The Morgan fingerprint density at radius 1 is 1.24 bits per heavy atom. The molecule has 0 saturated heterocycles. The summed E-state index contributed by atoms with van der Waals surface area (Å²) in [4.78, 5) is 16.5. The average Bonchev–Trinajstić information content (AvgIpc) is 3.02. The first-order chi connectivity index (χ1) is 12.1. The normalized spacial score (nSPS) is 10.5. The maximum absolute atomic E-state index is 13.0. The maximum Gasteiger partial charge on any atom is 0.291 e. The molecule has 0 fully saturated rings. The Labute approximate surface area is 144 Å². The first kappa shape index (κ1) is 16.6. The summed E-state index contributed by atoms with van der Waals surface area (Å²) >= 11 is 0. The standard InChI is InChI=1S/C18H17FN4O2/c1-12-21-17(22-23(12)15-8-6-14(19)7-9-15)18(24)20-11-13-4-3-5-16(10-13)25-2/h3-10H,11H2,1-2H3,(H,20,24). The number of nitrogens with zero attached hydrogens (tertiary/aromatic N) is 3. The number of aromatic nitrogens is 3. The van der Waals surface area contributed by atoms with Crippen molar-refractivity contribution < 1.29 is 13.9 Å². The highest BCUT2D eigenvalue weighted by Crippen LogP contribution is 2.13. The van der Waals surface area contributed by atoms with Gasteiger partial charge in [0.15, 0.2) is 0 Å². The van der Waals surface area contributed by atoms with Gasteiger partial charge in [-0.2, -0.15) is 0 Å². The van der Waals surface area contributed by atoms with Crippen LogP contribution in [0.5, 0.6) is 5.75 Å². The molecule has 0 saturated carbocycles. The first-order valence-electron chi connectivity index (χ1n) is 7.67. The van der Waals surface area contributed by atoms with Gasteiger partial charge in [0.05, 0.1) is 12.8 Å². The minimum atomic E-state index is -0.383. The first-order valence-corrected chi connectivity index (χ1v) is 7.67. The summed E-state index contributed by atoms with van der Waals surface area (Å²) in [5, 5.41) is 6.98. The van der Waals surface area contributed by atoms with Crippen LogP contribution in [0.4, 0.5) is 4.39 Å². The van der Waals surface area contributed by atoms with E-state index < -0.39 is 0 Å². The molecule has 0 atom stereocenters. The zero-order chi connectivity index (χ0) is 17.8. The van der Waals surface area contributed by atoms with Gasteiger partial charge in [0, 0.05) is 6.54 Å². The molecular formula is C18H17FN4O2. The number of benzene rings is 2. The Morgan fingerprint density at radius 2 is 2.00 bits per heavy atom. The molecule has 0 aliphatic heterocycles. The van der Waals surface area contributed by atoms with Crippen molar-refractivity contribution in [3.63, 3.8) is 0 Å². The molecule has 1 aromatic heterocycles. The highest BCUT2D eigenvalue weighted by atomic mass is 19.1. The fraction of sp³-hybridized carbons (Fsp3) is 0.167. The molecule has 25 heavy (non-hydrogen) atoms. The van der Waals surface area contributed by atoms with E-state index in [0.29, 0.717) is 18.1 Å². The minimum Gasteiger partial charge on any atom is -0.497 e. The second-order valence-electron chi connectivity index (χ2n) is 5.41. The Hall–Kier alpha value is -3.22. The molecule has 0 bridgehead atoms. The van der Waals surface area contributed by atoms with Crippen LogP contribution in [-0.4, -0.2) is 27.8 Å². The van der Waals surface area contributed by atoms with Crippen LogP contribution in [0.25, 0.3) is 5.69 Å². The van der Waals surface area contributed by atoms with E-state index in [1.54, 1.807) is 26.2 Å². The summed E-state index contributed by atoms with van der Waals surface area (Å²) in [6.07, 6.45) is 0. The molecule has 0 aliphatic carbocycles. The van der Waals surface area contributed by atoms with Gasteiger partial charge < -0.3 is 10.1 Å². The molecule has 6 nitrogen and oxygen atoms in total. The van der Waals surface area contributed by atoms with Crippen LogP contribution in [0.1, 0.15) is 22.0 Å². The number of amides is 1. The third kappa shape index (κ3) is 3.82. The lowest BCUT2D eigenvalue weighted by Gasteiger charge is -2.05. The molecular weight excluding hydrogens is 323 g/mol. The van der Waals surface area contributed by atoms with Gasteiger partial charge in [-0.1, -0.05) is 12.1 Å². The molecule has 3 rings (SSSR count). The number of carbonyl (C=O) groups excluding carboxylic acids is 1. The number of nitrogens with one attached hydrogen (secondary N) is 1. The zero-order valence-electron chi connectivity index (χ0n) is 13.9. The monoisotopic (exact) mass is 340 g/mol. The largest absolute Gasteiger partial charge is 0.497 e. The van der Waals surface area contributed by atoms with Crippen molar-refractivity contribution in [2.75, 3.05) is 7.11 Å². The highest BCUT2D eigenvalue weighted by Gasteiger charge is 2.15. The van der Waals surface area contributed by atoms with Crippen molar-refractivity contribution in [3.8, 4) is 11.4 Å². The van der Waals surface area contributed by atoms with Crippen molar-refractivity contribution in [1.29, 1.82) is 0 Å². The number of halogens is 1. The Morgan fingerprint density at radius 3 is 2.72 bits per heavy atom. The van der Waals surface area contributed by atoms with Gasteiger partial charge in [0.25, 0.3) is 5.91 Å². The van der Waals surface area contributed by atoms with E-state index in [0.717, 1.165) is 11.3 Å². The van der Waals surface area contributed by atoms with E-state index in [2.05, 4.69) is 15.4 Å². The van der Waals surface area contributed by atoms with E-state index in [1.165, 1.54) is 16.8 Å². The van der Waals surface area contributed by atoms with Crippen molar-refractivity contribution >= 4 is 5.91 Å². The molecule has 1 heterocycles. The summed E-state index contributed by atoms with van der Waals surface area (Å²) in [5.41, 5.74) is 1.54. The smallest absolute Gasteiger partial charge is 0.291 e. The molecule has 1 amide bonds. The highest BCUT2D eigenvalue weighted by molar-refractivity contribution is 5.90. The van der Waals surface area contributed by atoms with E-state index >= 15 is 0 Å². The molecule has 0 aliphatic rings. The molecule has 2 aromatic carbocycles. The number of aryl methyl sites for hydroxylation is 1. The second-order valence-corrected chi connectivity index (χ2v) is 5.41. The zero-order valence-corrected chi connectivity index (χ0v) is 13.9. The molecule has 3 aromatic rings. The van der Waals surface area contributed by atoms with Crippen LogP contribution in [-0.2, 0) is 6.54 Å². The van der Waals surface area contributed by atoms with Crippen LogP contribution in [0.2, 0.25) is 0 Å². The average molecular weight is 340 g/mol. The van der Waals surface area contributed by atoms with Gasteiger partial charge in [0.2, 0.25) is 5.82 Å². The number of hydrogen-bond donors (Lipinski definition) is 1. The summed E-state index contributed by atoms with van der Waals surface area (Å²) in [5.74, 6) is 0.605. The lowest BCUT2D eigenvalue weighted by molar-refractivity contribution is 0.0940. The lowest BCUT2D eigenvalue weighted by atomic mass is 10.2. The van der Waals surface area contributed by atoms with Crippen LogP contribution < -0.4 is 10.1 Å². The van der Waals surface area contributed by atoms with Gasteiger partial charge in [-0.05, 0) is 48.9 Å². The predicted octanol–water partition coefficient (Wildman–Crippen LogP) is 2.65. The van der Waals surface area contributed by atoms with Crippen molar-refractivity contribution in [1.82, 2.24) is 20.1 Å². The van der Waals surface area contributed by atoms with Gasteiger partial charge in [-0.15, -0.1) is 5.10 Å². The second kappa shape index (κ2) is 7.12. The quantitative estimate of drug-likeness (QED) is 0.775. The van der Waals surface area contributed by atoms with Crippen LogP contribution in [0.3, 0.4) is 0 Å². The summed E-state index contributed by atoms with van der Waals surface area (Å²) in [7, 11) is 1.59. The molecule has 0 spiro atoms. The third-order valence-electron chi connectivity index (χ3n) is 3.63. The van der Waals surface area contributed by atoms with E-state index in [4.69, 9.17) is 4.74 Å². The van der Waals surface area contributed by atoms with Crippen molar-refractivity contribution in [3.05, 3.63) is 71.6 Å². The van der Waals surface area contributed by atoms with Crippen molar-refractivity contribution in [2.24, 2.45) is 0 Å². The molecule has 0 radical (unpaired) electrons. The van der Waals surface area contributed by atoms with Crippen LogP contribution in [0, 0.1) is 12.7 Å². The minimum absolute atomic E-state index is 0.0599. The van der Waals surface area contributed by atoms with Gasteiger partial charge in [-0.3, -0.25) is 4.79 Å². The SMILES string of the molecule is COc1cccc(CNC(=O)c2nc(C)n(-c3ccc(F)cc3)n2)c1. The molecule has 1 N–H and O–H groups in total. The molecule has 7 heteroatoms. The lowest BCUT2D eigenvalue weighted by Crippen LogP contribution is -2.24. The third-order valence-corrected chi connectivity index (χ3v) is 3.63. The topological polar surface area (TPSA) is 69.0 Å². The number of ether oxygens (including phenoxy) is 1. The summed E-state index contributed by atoms with van der Waals surface area (Å²) < 4.78 is 19.7. The van der Waals surface area contributed by atoms with E-state index in [1.807, 2.05) is 24.3 Å². The number of rotatable bonds is 5. The fourth-order valence-electron chi connectivity index (χ4n) is 2.36. The van der Waals surface area contributed by atoms with E-state index in [-0.39, 0.29) is 17.5 Å². The molecule has 0 unspecified atom stereocenters. The van der Waals surface area contributed by atoms with Gasteiger partial charge >= 0.3 is 0 Å². The van der Waals surface area contributed by atoms with Crippen molar-refractivity contribution in [2.45, 2.75) is 13.5 Å². The van der Waals surface area contributed by atoms with Gasteiger partial charge in [-0.25, -0.2) is 14.1 Å². The maximum atomic E-state index is 13.0. The predicted molar refractivity (Wildman–Crippen MR) is 90.2 cm³/mol. The number of hydrogen-bond acceptors (Lipinski definition) is 4. The molecule has 128 valence electrons. The van der Waals surface area contributed by atoms with Crippen LogP contribution in [0.15, 0.2) is 48.5 Å². The summed E-state index contributed by atoms with van der Waals surface area (Å²) in [6.45, 7) is 2.06. The fourth-order valence-corrected chi connectivity index (χ4v) is 2.36. The number of carbonyl (C=O) groups is 1. The van der Waals surface area contributed by atoms with Gasteiger partial charge in [0.1, 0.15) is 17.4 Å². The Balaban J connectivity index is 1.72. The summed E-state index contributed by atoms with van der Waals surface area (Å²) in [6, 6.07) is 13.2. The Bertz CT molecular complexity index is 890. The van der Waals surface area contributed by atoms with Crippen LogP contribution >= 0.6 is 0 Å².